The summed E-state index contributed by atoms with van der Waals surface area (Å²) in [5.41, 5.74) is -0.546. The molecule has 0 heterocycles. The van der Waals surface area contributed by atoms with Gasteiger partial charge in [-0.3, -0.25) is 0 Å². The minimum absolute atomic E-state index is 0.115. The predicted molar refractivity (Wildman–Crippen MR) is 106 cm³/mol. The van der Waals surface area contributed by atoms with Crippen LogP contribution in [0.5, 0.6) is 0 Å². The molecular formula is C23H41NO2. The minimum Gasteiger partial charge on any atom is -0.390 e. The van der Waals surface area contributed by atoms with Crippen LogP contribution in [-0.4, -0.2) is 47.0 Å². The van der Waals surface area contributed by atoms with Gasteiger partial charge >= 0.3 is 0 Å². The summed E-state index contributed by atoms with van der Waals surface area (Å²) in [5.74, 6) is 3.05. The summed E-state index contributed by atoms with van der Waals surface area (Å²) < 4.78 is 0. The van der Waals surface area contributed by atoms with Gasteiger partial charge in [0.2, 0.25) is 0 Å². The largest absolute Gasteiger partial charge is 0.390 e. The first-order valence-electron chi connectivity index (χ1n) is 11.2. The van der Waals surface area contributed by atoms with E-state index in [1.807, 2.05) is 6.92 Å². The van der Waals surface area contributed by atoms with Gasteiger partial charge in [0.15, 0.2) is 0 Å². The van der Waals surface area contributed by atoms with Crippen molar-refractivity contribution in [2.45, 2.75) is 96.3 Å². The van der Waals surface area contributed by atoms with Gasteiger partial charge in [0, 0.05) is 11.5 Å². The summed E-state index contributed by atoms with van der Waals surface area (Å²) in [5, 5.41) is 21.7. The third kappa shape index (κ3) is 2.49. The Hall–Kier alpha value is -0.120. The molecule has 0 aliphatic heterocycles. The number of hydrogen-bond acceptors (Lipinski definition) is 3. The Labute approximate surface area is 160 Å². The van der Waals surface area contributed by atoms with Gasteiger partial charge in [-0.15, -0.1) is 0 Å². The SMILES string of the molecule is CN(C)[C@H]1CC[C@@]2(C)[C@@H](CC[C@@H]3[C@@H]2CC[C@@]2(C)[C@H]3CC[C@H](O)[C@]2(C)O)C1. The molecular weight excluding hydrogens is 322 g/mol. The maximum absolute atomic E-state index is 11.2. The van der Waals surface area contributed by atoms with Crippen molar-refractivity contribution < 1.29 is 10.2 Å². The van der Waals surface area contributed by atoms with Crippen molar-refractivity contribution >= 4 is 0 Å². The molecule has 3 heteroatoms. The molecule has 0 aromatic carbocycles. The van der Waals surface area contributed by atoms with Gasteiger partial charge in [0.05, 0.1) is 11.7 Å². The van der Waals surface area contributed by atoms with Crippen LogP contribution >= 0.6 is 0 Å². The summed E-state index contributed by atoms with van der Waals surface area (Å²) in [4.78, 5) is 2.45. The van der Waals surface area contributed by atoms with Crippen molar-refractivity contribution in [3.8, 4) is 0 Å². The molecule has 26 heavy (non-hydrogen) atoms. The Balaban J connectivity index is 1.60. The van der Waals surface area contributed by atoms with Gasteiger partial charge in [0.1, 0.15) is 0 Å². The van der Waals surface area contributed by atoms with Crippen LogP contribution in [0.1, 0.15) is 78.6 Å². The lowest BCUT2D eigenvalue weighted by molar-refractivity contribution is -0.235. The minimum atomic E-state index is -0.929. The Morgan fingerprint density at radius 2 is 1.58 bits per heavy atom. The molecule has 4 rings (SSSR count). The average molecular weight is 364 g/mol. The monoisotopic (exact) mass is 363 g/mol. The van der Waals surface area contributed by atoms with Crippen molar-refractivity contribution in [3.63, 3.8) is 0 Å². The second-order valence-electron chi connectivity index (χ2n) is 11.2. The second-order valence-corrected chi connectivity index (χ2v) is 11.2. The summed E-state index contributed by atoms with van der Waals surface area (Å²) in [7, 11) is 4.50. The van der Waals surface area contributed by atoms with E-state index < -0.39 is 11.7 Å². The highest BCUT2D eigenvalue weighted by Crippen LogP contribution is 2.67. The van der Waals surface area contributed by atoms with Gasteiger partial charge in [-0.1, -0.05) is 13.8 Å². The van der Waals surface area contributed by atoms with E-state index in [4.69, 9.17) is 0 Å². The molecule has 0 saturated heterocycles. The van der Waals surface area contributed by atoms with Gasteiger partial charge in [-0.05, 0) is 108 Å². The van der Waals surface area contributed by atoms with Gasteiger partial charge in [0.25, 0.3) is 0 Å². The Bertz CT molecular complexity index is 546. The molecule has 3 nitrogen and oxygen atoms in total. The highest BCUT2D eigenvalue weighted by Gasteiger charge is 2.63. The number of hydrogen-bond donors (Lipinski definition) is 2. The van der Waals surface area contributed by atoms with Crippen molar-refractivity contribution in [3.05, 3.63) is 0 Å². The first-order valence-corrected chi connectivity index (χ1v) is 11.2. The second kappa shape index (κ2) is 6.19. The van der Waals surface area contributed by atoms with E-state index in [9.17, 15) is 10.2 Å². The molecule has 0 radical (unpaired) electrons. The summed E-state index contributed by atoms with van der Waals surface area (Å²) in [6, 6.07) is 0.768. The molecule has 0 amide bonds. The van der Waals surface area contributed by atoms with Crippen LogP contribution in [0, 0.1) is 34.5 Å². The van der Waals surface area contributed by atoms with E-state index in [1.54, 1.807) is 0 Å². The van der Waals surface area contributed by atoms with Crippen LogP contribution in [0.3, 0.4) is 0 Å². The van der Waals surface area contributed by atoms with Crippen molar-refractivity contribution in [2.75, 3.05) is 14.1 Å². The molecule has 2 N–H and O–H groups in total. The highest BCUT2D eigenvalue weighted by molar-refractivity contribution is 5.13. The lowest BCUT2D eigenvalue weighted by Gasteiger charge is -2.66. The van der Waals surface area contributed by atoms with Gasteiger partial charge < -0.3 is 15.1 Å². The number of nitrogens with zero attached hydrogens (tertiary/aromatic N) is 1. The zero-order valence-corrected chi connectivity index (χ0v) is 17.7. The van der Waals surface area contributed by atoms with E-state index in [0.717, 1.165) is 43.1 Å². The fraction of sp³-hybridized carbons (Fsp3) is 1.00. The van der Waals surface area contributed by atoms with Gasteiger partial charge in [-0.25, -0.2) is 0 Å². The highest BCUT2D eigenvalue weighted by atomic mass is 16.3. The van der Waals surface area contributed by atoms with Crippen molar-refractivity contribution in [1.29, 1.82) is 0 Å². The van der Waals surface area contributed by atoms with Crippen molar-refractivity contribution in [2.24, 2.45) is 34.5 Å². The topological polar surface area (TPSA) is 43.7 Å². The molecule has 9 atom stereocenters. The van der Waals surface area contributed by atoms with Crippen LogP contribution in [0.15, 0.2) is 0 Å². The van der Waals surface area contributed by atoms with Crippen LogP contribution in [0.2, 0.25) is 0 Å². The average Bonchev–Trinajstić information content (AvgIpc) is 2.58. The third-order valence-corrected chi connectivity index (χ3v) is 10.3. The summed E-state index contributed by atoms with van der Waals surface area (Å²) in [6.07, 6.45) is 10.5. The van der Waals surface area contributed by atoms with E-state index in [1.165, 1.54) is 38.5 Å². The normalized spacial score (nSPS) is 57.2. The summed E-state index contributed by atoms with van der Waals surface area (Å²) in [6.45, 7) is 6.81. The molecule has 4 aliphatic rings. The Morgan fingerprint density at radius 1 is 0.846 bits per heavy atom. The quantitative estimate of drug-likeness (QED) is 0.738. The molecule has 150 valence electrons. The Morgan fingerprint density at radius 3 is 2.27 bits per heavy atom. The standard InChI is InChI=1S/C23H41NO2/c1-21-12-10-16(24(4)5)14-15(21)6-7-17-18(21)11-13-22(2)19(17)8-9-20(25)23(22,3)26/h15-20,25-26H,6-14H2,1-5H3/t15-,16-,17+,18-,19-,20-,21-,22-,23-/m0/s1. The zero-order valence-electron chi connectivity index (χ0n) is 17.7. The maximum Gasteiger partial charge on any atom is 0.0933 e. The molecule has 4 saturated carbocycles. The fourth-order valence-corrected chi connectivity index (χ4v) is 8.18. The third-order valence-electron chi connectivity index (χ3n) is 10.3. The molecule has 0 aromatic rings. The number of fused-ring (bicyclic) bond motifs is 5. The van der Waals surface area contributed by atoms with E-state index >= 15 is 0 Å². The lowest BCUT2D eigenvalue weighted by Crippen LogP contribution is -2.65. The number of aliphatic hydroxyl groups excluding tert-OH is 1. The summed E-state index contributed by atoms with van der Waals surface area (Å²) >= 11 is 0. The van der Waals surface area contributed by atoms with Crippen molar-refractivity contribution in [1.82, 2.24) is 4.90 Å². The molecule has 4 fully saturated rings. The van der Waals surface area contributed by atoms with Crippen LogP contribution < -0.4 is 0 Å². The van der Waals surface area contributed by atoms with Crippen LogP contribution in [0.4, 0.5) is 0 Å². The van der Waals surface area contributed by atoms with E-state index in [-0.39, 0.29) is 5.41 Å². The molecule has 0 spiro atoms. The molecule has 0 bridgehead atoms. The van der Waals surface area contributed by atoms with E-state index in [2.05, 4.69) is 32.8 Å². The first kappa shape index (κ1) is 19.2. The molecule has 4 aliphatic carbocycles. The van der Waals surface area contributed by atoms with Gasteiger partial charge in [-0.2, -0.15) is 0 Å². The predicted octanol–water partition coefficient (Wildman–Crippen LogP) is 4.07. The molecule has 0 unspecified atom stereocenters. The van der Waals surface area contributed by atoms with E-state index in [0.29, 0.717) is 11.3 Å². The molecule has 0 aromatic heterocycles. The Kier molecular flexibility index (Phi) is 4.57. The number of rotatable bonds is 1. The maximum atomic E-state index is 11.2. The van der Waals surface area contributed by atoms with Crippen LogP contribution in [-0.2, 0) is 0 Å². The fourth-order valence-electron chi connectivity index (χ4n) is 8.18. The smallest absolute Gasteiger partial charge is 0.0933 e. The first-order chi connectivity index (χ1) is 12.1. The number of aliphatic hydroxyl groups is 2. The lowest BCUT2D eigenvalue weighted by atomic mass is 9.41. The zero-order chi connectivity index (χ0) is 18.9. The van der Waals surface area contributed by atoms with Crippen LogP contribution in [0.25, 0.3) is 0 Å².